The maximum Gasteiger partial charge on any atom is 0.305 e. The number of nitrogens with zero attached hydrogens (tertiary/aromatic N) is 1. The number of hydrogen-bond acceptors (Lipinski definition) is 4. The van der Waals surface area contributed by atoms with E-state index in [0.29, 0.717) is 18.9 Å². The van der Waals surface area contributed by atoms with Crippen LogP contribution in [0.1, 0.15) is 32.1 Å². The molecule has 0 spiro atoms. The van der Waals surface area contributed by atoms with Crippen LogP contribution in [0.2, 0.25) is 0 Å². The molecular weight excluding hydrogens is 276 g/mol. The van der Waals surface area contributed by atoms with E-state index in [4.69, 9.17) is 5.11 Å². The van der Waals surface area contributed by atoms with Crippen molar-refractivity contribution in [2.45, 2.75) is 38.1 Å². The Labute approximate surface area is 124 Å². The second kappa shape index (κ2) is 7.88. The number of rotatable bonds is 5. The molecule has 0 radical (unpaired) electrons. The average molecular weight is 300 g/mol. The lowest BCUT2D eigenvalue weighted by atomic mass is 9.94. The highest BCUT2D eigenvalue weighted by Crippen LogP contribution is 2.22. The summed E-state index contributed by atoms with van der Waals surface area (Å²) in [6.45, 7) is 2.81. The molecule has 0 aromatic rings. The van der Waals surface area contributed by atoms with E-state index >= 15 is 0 Å². The van der Waals surface area contributed by atoms with E-state index < -0.39 is 5.97 Å². The quantitative estimate of drug-likeness (QED) is 0.798. The fraction of sp³-hybridized carbons (Fsp3) is 0.857. The number of nitrogens with one attached hydrogen (secondary N) is 1. The molecule has 0 saturated carbocycles. The lowest BCUT2D eigenvalue weighted by Gasteiger charge is -2.35. The van der Waals surface area contributed by atoms with E-state index in [-0.39, 0.29) is 18.4 Å². The molecule has 2 heterocycles. The second-order valence-corrected chi connectivity index (χ2v) is 6.81. The monoisotopic (exact) mass is 300 g/mol. The number of carboxylic acids is 1. The molecule has 2 fully saturated rings. The molecule has 5 nitrogen and oxygen atoms in total. The number of piperidine rings is 1. The van der Waals surface area contributed by atoms with Gasteiger partial charge in [0.05, 0.1) is 12.5 Å². The van der Waals surface area contributed by atoms with Crippen LogP contribution >= 0.6 is 11.8 Å². The van der Waals surface area contributed by atoms with Crippen molar-refractivity contribution in [3.8, 4) is 0 Å². The molecule has 2 rings (SSSR count). The summed E-state index contributed by atoms with van der Waals surface area (Å²) >= 11 is 1.75. The molecule has 0 aliphatic carbocycles. The van der Waals surface area contributed by atoms with Crippen molar-refractivity contribution >= 4 is 23.6 Å². The van der Waals surface area contributed by atoms with Gasteiger partial charge in [-0.1, -0.05) is 0 Å². The topological polar surface area (TPSA) is 69.6 Å². The van der Waals surface area contributed by atoms with E-state index in [1.807, 2.05) is 0 Å². The van der Waals surface area contributed by atoms with Gasteiger partial charge < -0.3 is 15.3 Å². The number of amides is 1. The standard InChI is InChI=1S/C14H24N2O3S/c17-13(4-3-11-2-1-5-15-9-11)16-6-7-20-10-12(16)8-14(18)19/h11-12,15H,1-10H2,(H,18,19). The molecule has 2 aliphatic rings. The van der Waals surface area contributed by atoms with Gasteiger partial charge in [0.1, 0.15) is 0 Å². The van der Waals surface area contributed by atoms with Gasteiger partial charge in [0.25, 0.3) is 0 Å². The van der Waals surface area contributed by atoms with Crippen molar-refractivity contribution < 1.29 is 14.7 Å². The van der Waals surface area contributed by atoms with Crippen LogP contribution in [0, 0.1) is 5.92 Å². The third kappa shape index (κ3) is 4.66. The summed E-state index contributed by atoms with van der Waals surface area (Å²) in [5.41, 5.74) is 0. The van der Waals surface area contributed by atoms with Gasteiger partial charge in [-0.15, -0.1) is 0 Å². The van der Waals surface area contributed by atoms with Gasteiger partial charge in [-0.3, -0.25) is 9.59 Å². The van der Waals surface area contributed by atoms with E-state index in [1.54, 1.807) is 16.7 Å². The number of aliphatic carboxylic acids is 1. The molecule has 2 aliphatic heterocycles. The zero-order valence-electron chi connectivity index (χ0n) is 11.8. The van der Waals surface area contributed by atoms with E-state index in [0.717, 1.165) is 31.0 Å². The largest absolute Gasteiger partial charge is 0.481 e. The maximum atomic E-state index is 12.3. The fourth-order valence-electron chi connectivity index (χ4n) is 3.00. The Morgan fingerprint density at radius 1 is 1.40 bits per heavy atom. The van der Waals surface area contributed by atoms with Gasteiger partial charge >= 0.3 is 5.97 Å². The second-order valence-electron chi connectivity index (χ2n) is 5.66. The predicted octanol–water partition coefficient (Wildman–Crippen LogP) is 1.18. The van der Waals surface area contributed by atoms with Crippen molar-refractivity contribution in [3.05, 3.63) is 0 Å². The van der Waals surface area contributed by atoms with Crippen LogP contribution in [0.25, 0.3) is 0 Å². The molecule has 2 saturated heterocycles. The van der Waals surface area contributed by atoms with Gasteiger partial charge in [-0.25, -0.2) is 0 Å². The summed E-state index contributed by atoms with van der Waals surface area (Å²) in [4.78, 5) is 25.0. The van der Waals surface area contributed by atoms with Crippen LogP contribution in [-0.4, -0.2) is 59.1 Å². The third-order valence-corrected chi connectivity index (χ3v) is 5.22. The highest BCUT2D eigenvalue weighted by Gasteiger charge is 2.29. The molecule has 0 aromatic carbocycles. The van der Waals surface area contributed by atoms with Crippen LogP contribution in [0.3, 0.4) is 0 Å². The Hall–Kier alpha value is -0.750. The van der Waals surface area contributed by atoms with E-state index in [1.165, 1.54) is 12.8 Å². The summed E-state index contributed by atoms with van der Waals surface area (Å²) in [5.74, 6) is 1.61. The molecule has 0 bridgehead atoms. The summed E-state index contributed by atoms with van der Waals surface area (Å²) in [5, 5.41) is 12.3. The minimum atomic E-state index is -0.813. The normalized spacial score (nSPS) is 27.3. The number of carboxylic acid groups (broad SMARTS) is 1. The van der Waals surface area contributed by atoms with Crippen LogP contribution < -0.4 is 5.32 Å². The van der Waals surface area contributed by atoms with Crippen LogP contribution in [0.15, 0.2) is 0 Å². The Balaban J connectivity index is 1.80. The van der Waals surface area contributed by atoms with Crippen molar-refractivity contribution in [1.82, 2.24) is 10.2 Å². The fourth-order valence-corrected chi connectivity index (χ4v) is 4.06. The van der Waals surface area contributed by atoms with E-state index in [9.17, 15) is 9.59 Å². The number of carbonyl (C=O) groups excluding carboxylic acids is 1. The number of thioether (sulfide) groups is 1. The molecule has 20 heavy (non-hydrogen) atoms. The zero-order chi connectivity index (χ0) is 14.4. The minimum absolute atomic E-state index is 0.0731. The van der Waals surface area contributed by atoms with Crippen LogP contribution in [-0.2, 0) is 9.59 Å². The van der Waals surface area contributed by atoms with Crippen molar-refractivity contribution in [1.29, 1.82) is 0 Å². The van der Waals surface area contributed by atoms with Gasteiger partial charge in [0.15, 0.2) is 0 Å². The lowest BCUT2D eigenvalue weighted by Crippen LogP contribution is -2.47. The van der Waals surface area contributed by atoms with Crippen molar-refractivity contribution in [3.63, 3.8) is 0 Å². The average Bonchev–Trinajstić information content (AvgIpc) is 2.46. The SMILES string of the molecule is O=C(O)CC1CSCCN1C(=O)CCC1CCCNC1. The first-order valence-electron chi connectivity index (χ1n) is 7.46. The molecule has 0 aromatic heterocycles. The Morgan fingerprint density at radius 3 is 2.95 bits per heavy atom. The zero-order valence-corrected chi connectivity index (χ0v) is 12.7. The van der Waals surface area contributed by atoms with Gasteiger partial charge in [0.2, 0.25) is 5.91 Å². The summed E-state index contributed by atoms with van der Waals surface area (Å²) in [6, 6.07) is -0.122. The predicted molar refractivity (Wildman–Crippen MR) is 79.9 cm³/mol. The smallest absolute Gasteiger partial charge is 0.305 e. The Morgan fingerprint density at radius 2 is 2.25 bits per heavy atom. The first-order valence-corrected chi connectivity index (χ1v) is 8.62. The Kier molecular flexibility index (Phi) is 6.16. The van der Waals surface area contributed by atoms with Gasteiger partial charge in [-0.05, 0) is 38.3 Å². The molecule has 2 unspecified atom stereocenters. The highest BCUT2D eigenvalue weighted by atomic mass is 32.2. The van der Waals surface area contributed by atoms with Crippen LogP contribution in [0.4, 0.5) is 0 Å². The molecule has 2 atom stereocenters. The van der Waals surface area contributed by atoms with Gasteiger partial charge in [-0.2, -0.15) is 11.8 Å². The maximum absolute atomic E-state index is 12.3. The summed E-state index contributed by atoms with van der Waals surface area (Å²) in [7, 11) is 0. The summed E-state index contributed by atoms with van der Waals surface area (Å²) < 4.78 is 0. The highest BCUT2D eigenvalue weighted by molar-refractivity contribution is 7.99. The molecule has 6 heteroatoms. The van der Waals surface area contributed by atoms with Crippen molar-refractivity contribution in [2.75, 3.05) is 31.1 Å². The first-order chi connectivity index (χ1) is 9.66. The molecule has 2 N–H and O–H groups in total. The summed E-state index contributed by atoms with van der Waals surface area (Å²) in [6.07, 6.45) is 3.96. The minimum Gasteiger partial charge on any atom is -0.481 e. The van der Waals surface area contributed by atoms with Crippen LogP contribution in [0.5, 0.6) is 0 Å². The Bertz CT molecular complexity index is 345. The first kappa shape index (κ1) is 15.6. The number of carbonyl (C=O) groups is 2. The van der Waals surface area contributed by atoms with Gasteiger partial charge in [0, 0.05) is 24.5 Å². The molecule has 114 valence electrons. The third-order valence-electron chi connectivity index (χ3n) is 4.12. The number of hydrogen-bond donors (Lipinski definition) is 2. The lowest BCUT2D eigenvalue weighted by molar-refractivity contribution is -0.140. The van der Waals surface area contributed by atoms with E-state index in [2.05, 4.69) is 5.32 Å². The molecular formula is C14H24N2O3S. The van der Waals surface area contributed by atoms with Crippen molar-refractivity contribution in [2.24, 2.45) is 5.92 Å². The molecule has 1 amide bonds.